The van der Waals surface area contributed by atoms with Crippen LogP contribution in [0.4, 0.5) is 5.69 Å². The average molecular weight is 299 g/mol. The Bertz CT molecular complexity index is 654. The molecule has 0 saturated carbocycles. The Kier molecular flexibility index (Phi) is 5.47. The van der Waals surface area contributed by atoms with E-state index in [1.165, 1.54) is 0 Å². The zero-order valence-corrected chi connectivity index (χ0v) is 13.9. The molecule has 0 bridgehead atoms. The van der Waals surface area contributed by atoms with Crippen LogP contribution >= 0.6 is 0 Å². The van der Waals surface area contributed by atoms with Gasteiger partial charge in [-0.3, -0.25) is 9.78 Å². The molecule has 0 aliphatic rings. The van der Waals surface area contributed by atoms with Gasteiger partial charge in [0, 0.05) is 18.3 Å². The van der Waals surface area contributed by atoms with E-state index in [-0.39, 0.29) is 5.91 Å². The molecule has 2 aromatic rings. The van der Waals surface area contributed by atoms with Gasteiger partial charge in [0.2, 0.25) is 5.91 Å². The summed E-state index contributed by atoms with van der Waals surface area (Å²) in [6, 6.07) is 5.65. The molecule has 1 heterocycles. The van der Waals surface area contributed by atoms with Gasteiger partial charge in [0.1, 0.15) is 0 Å². The number of benzene rings is 1. The molecule has 2 rings (SSSR count). The van der Waals surface area contributed by atoms with Crippen molar-refractivity contribution in [1.82, 2.24) is 9.97 Å². The number of rotatable bonds is 6. The van der Waals surface area contributed by atoms with E-state index in [2.05, 4.69) is 36.1 Å². The third-order valence-corrected chi connectivity index (χ3v) is 3.98. The van der Waals surface area contributed by atoms with Crippen LogP contribution < -0.4 is 5.32 Å². The highest BCUT2D eigenvalue weighted by Gasteiger charge is 2.12. The summed E-state index contributed by atoms with van der Waals surface area (Å²) in [5.41, 5.74) is 3.33. The second kappa shape index (κ2) is 7.34. The van der Waals surface area contributed by atoms with Crippen molar-refractivity contribution in [3.05, 3.63) is 30.1 Å². The van der Waals surface area contributed by atoms with Gasteiger partial charge < -0.3 is 5.32 Å². The first-order valence-corrected chi connectivity index (χ1v) is 8.01. The summed E-state index contributed by atoms with van der Waals surface area (Å²) < 4.78 is 0. The molecule has 2 atom stereocenters. The first-order chi connectivity index (χ1) is 10.5. The van der Waals surface area contributed by atoms with Gasteiger partial charge in [-0.25, -0.2) is 4.98 Å². The molecule has 1 N–H and O–H groups in total. The van der Waals surface area contributed by atoms with E-state index < -0.39 is 0 Å². The maximum absolute atomic E-state index is 12.1. The lowest BCUT2D eigenvalue weighted by molar-refractivity contribution is -0.117. The Hall–Kier alpha value is -1.97. The maximum Gasteiger partial charge on any atom is 0.224 e. The quantitative estimate of drug-likeness (QED) is 0.863. The standard InChI is InChI=1S/C18H25N3O/c1-5-12(2)8-13(3)9-18(22)21-15-6-7-16-17(10-15)19-11-14(4)20-16/h6-7,10-13H,5,8-9H2,1-4H3,(H,21,22). The lowest BCUT2D eigenvalue weighted by atomic mass is 9.93. The normalized spacial score (nSPS) is 13.8. The van der Waals surface area contributed by atoms with Gasteiger partial charge in [-0.2, -0.15) is 0 Å². The largest absolute Gasteiger partial charge is 0.326 e. The van der Waals surface area contributed by atoms with Crippen LogP contribution in [0.15, 0.2) is 24.4 Å². The van der Waals surface area contributed by atoms with E-state index in [4.69, 9.17) is 0 Å². The highest BCUT2D eigenvalue weighted by atomic mass is 16.1. The number of anilines is 1. The molecular weight excluding hydrogens is 274 g/mol. The minimum atomic E-state index is 0.0650. The highest BCUT2D eigenvalue weighted by molar-refractivity contribution is 5.93. The summed E-state index contributed by atoms with van der Waals surface area (Å²) in [6.45, 7) is 8.48. The zero-order valence-electron chi connectivity index (χ0n) is 13.9. The predicted molar refractivity (Wildman–Crippen MR) is 90.8 cm³/mol. The predicted octanol–water partition coefficient (Wildman–Crippen LogP) is 4.34. The first kappa shape index (κ1) is 16.4. The number of nitrogens with zero attached hydrogens (tertiary/aromatic N) is 2. The maximum atomic E-state index is 12.1. The van der Waals surface area contributed by atoms with E-state index in [9.17, 15) is 4.79 Å². The smallest absolute Gasteiger partial charge is 0.224 e. The number of hydrogen-bond acceptors (Lipinski definition) is 3. The molecule has 2 unspecified atom stereocenters. The van der Waals surface area contributed by atoms with Crippen molar-refractivity contribution >= 4 is 22.6 Å². The molecule has 22 heavy (non-hydrogen) atoms. The molecule has 1 amide bonds. The molecule has 0 spiro atoms. The van der Waals surface area contributed by atoms with Gasteiger partial charge in [0.05, 0.1) is 16.7 Å². The lowest BCUT2D eigenvalue weighted by Gasteiger charge is -2.15. The Balaban J connectivity index is 1.98. The Morgan fingerprint density at radius 1 is 1.23 bits per heavy atom. The second-order valence-corrected chi connectivity index (χ2v) is 6.32. The van der Waals surface area contributed by atoms with Gasteiger partial charge in [-0.05, 0) is 43.4 Å². The minimum absolute atomic E-state index is 0.0650. The SMILES string of the molecule is CCC(C)CC(C)CC(=O)Nc1ccc2nc(C)cnc2c1. The molecule has 0 radical (unpaired) electrons. The second-order valence-electron chi connectivity index (χ2n) is 6.32. The van der Waals surface area contributed by atoms with Crippen LogP contribution in [0, 0.1) is 18.8 Å². The van der Waals surface area contributed by atoms with Gasteiger partial charge in [-0.15, -0.1) is 0 Å². The Morgan fingerprint density at radius 3 is 2.73 bits per heavy atom. The molecule has 4 heteroatoms. The third-order valence-electron chi connectivity index (χ3n) is 3.98. The average Bonchev–Trinajstić information content (AvgIpc) is 2.46. The van der Waals surface area contributed by atoms with E-state index >= 15 is 0 Å². The van der Waals surface area contributed by atoms with Crippen LogP contribution in [0.25, 0.3) is 11.0 Å². The van der Waals surface area contributed by atoms with Crippen LogP contribution in [0.2, 0.25) is 0 Å². The molecule has 4 nitrogen and oxygen atoms in total. The van der Waals surface area contributed by atoms with Crippen molar-refractivity contribution in [2.75, 3.05) is 5.32 Å². The summed E-state index contributed by atoms with van der Waals surface area (Å²) in [6.07, 6.45) is 4.55. The van der Waals surface area contributed by atoms with Gasteiger partial charge >= 0.3 is 0 Å². The Morgan fingerprint density at radius 2 is 2.00 bits per heavy atom. The van der Waals surface area contributed by atoms with Crippen LogP contribution in [0.3, 0.4) is 0 Å². The van der Waals surface area contributed by atoms with Crippen LogP contribution in [-0.2, 0) is 4.79 Å². The fraction of sp³-hybridized carbons (Fsp3) is 0.500. The number of aromatic nitrogens is 2. The van der Waals surface area contributed by atoms with Crippen molar-refractivity contribution in [2.45, 2.75) is 47.0 Å². The fourth-order valence-corrected chi connectivity index (χ4v) is 2.65. The van der Waals surface area contributed by atoms with E-state index in [0.717, 1.165) is 35.3 Å². The number of aryl methyl sites for hydroxylation is 1. The lowest BCUT2D eigenvalue weighted by Crippen LogP contribution is -2.16. The summed E-state index contributed by atoms with van der Waals surface area (Å²) in [7, 11) is 0. The number of carbonyl (C=O) groups excluding carboxylic acids is 1. The minimum Gasteiger partial charge on any atom is -0.326 e. The Labute approximate surface area is 132 Å². The van der Waals surface area contributed by atoms with Crippen LogP contribution in [0.1, 0.15) is 45.7 Å². The van der Waals surface area contributed by atoms with Crippen molar-refractivity contribution in [1.29, 1.82) is 0 Å². The van der Waals surface area contributed by atoms with Crippen molar-refractivity contribution in [3.63, 3.8) is 0 Å². The third kappa shape index (κ3) is 4.52. The van der Waals surface area contributed by atoms with Gasteiger partial charge in [-0.1, -0.05) is 27.2 Å². The molecule has 1 aromatic heterocycles. The topological polar surface area (TPSA) is 54.9 Å². The molecule has 1 aromatic carbocycles. The molecule has 0 fully saturated rings. The summed E-state index contributed by atoms with van der Waals surface area (Å²) in [5, 5.41) is 2.96. The summed E-state index contributed by atoms with van der Waals surface area (Å²) in [4.78, 5) is 20.9. The highest BCUT2D eigenvalue weighted by Crippen LogP contribution is 2.20. The van der Waals surface area contributed by atoms with Gasteiger partial charge in [0.15, 0.2) is 0 Å². The number of fused-ring (bicyclic) bond motifs is 1. The summed E-state index contributed by atoms with van der Waals surface area (Å²) in [5.74, 6) is 1.13. The fourth-order valence-electron chi connectivity index (χ4n) is 2.65. The van der Waals surface area contributed by atoms with Crippen molar-refractivity contribution < 1.29 is 4.79 Å². The first-order valence-electron chi connectivity index (χ1n) is 8.01. The number of carbonyl (C=O) groups is 1. The van der Waals surface area contributed by atoms with E-state index in [1.54, 1.807) is 6.20 Å². The van der Waals surface area contributed by atoms with Gasteiger partial charge in [0.25, 0.3) is 0 Å². The molecule has 0 aliphatic carbocycles. The molecule has 118 valence electrons. The van der Waals surface area contributed by atoms with Crippen molar-refractivity contribution in [3.8, 4) is 0 Å². The summed E-state index contributed by atoms with van der Waals surface area (Å²) >= 11 is 0. The zero-order chi connectivity index (χ0) is 16.1. The van der Waals surface area contributed by atoms with E-state index in [0.29, 0.717) is 18.3 Å². The van der Waals surface area contributed by atoms with E-state index in [1.807, 2.05) is 25.1 Å². The van der Waals surface area contributed by atoms with Crippen LogP contribution in [0.5, 0.6) is 0 Å². The molecule has 0 aliphatic heterocycles. The molecule has 0 saturated heterocycles. The molecular formula is C18H25N3O. The number of amides is 1. The number of nitrogens with one attached hydrogen (secondary N) is 1. The van der Waals surface area contributed by atoms with Crippen molar-refractivity contribution in [2.24, 2.45) is 11.8 Å². The number of hydrogen-bond donors (Lipinski definition) is 1. The van der Waals surface area contributed by atoms with Crippen LogP contribution in [-0.4, -0.2) is 15.9 Å². The monoisotopic (exact) mass is 299 g/mol.